The van der Waals surface area contributed by atoms with Gasteiger partial charge in [0, 0.05) is 57.4 Å². The predicted molar refractivity (Wildman–Crippen MR) is 216 cm³/mol. The summed E-state index contributed by atoms with van der Waals surface area (Å²) in [4.78, 5) is 63.8. The molecule has 0 radical (unpaired) electrons. The van der Waals surface area contributed by atoms with Gasteiger partial charge in [-0.05, 0) is 76.9 Å². The average Bonchev–Trinajstić information content (AvgIpc) is 3.95. The maximum Gasteiger partial charge on any atom is 0.276 e. The third kappa shape index (κ3) is 7.42. The molecule has 4 aromatic heterocycles. The van der Waals surface area contributed by atoms with Gasteiger partial charge in [-0.2, -0.15) is 10.2 Å². The molecule has 0 unspecified atom stereocenters. The van der Waals surface area contributed by atoms with E-state index in [1.807, 2.05) is 48.8 Å². The number of benzene rings is 2. The molecule has 19 heteroatoms. The number of imidazole rings is 2. The number of carbonyl (C=O) groups is 4. The number of hydrogen-bond donors (Lipinski definition) is 5. The second-order valence-corrected chi connectivity index (χ2v) is 14.3. The molecule has 58 heavy (non-hydrogen) atoms. The fourth-order valence-corrected chi connectivity index (χ4v) is 7.60. The molecular weight excluding hydrogens is 747 g/mol. The number of nitrogens with two attached hydrogens (primary N) is 2. The van der Waals surface area contributed by atoms with E-state index in [-0.39, 0.29) is 36.7 Å². The molecule has 304 valence electrons. The number of aromatic nitrogens is 8. The van der Waals surface area contributed by atoms with Crippen LogP contribution in [-0.4, -0.2) is 94.2 Å². The smallest absolute Gasteiger partial charge is 0.276 e. The maximum absolute atomic E-state index is 13.8. The fraction of sp³-hybridized carbons (Fsp3) is 0.385. The quantitative estimate of drug-likeness (QED) is 0.0889. The number of aliphatic hydroxyl groups excluding tert-OH is 1. The number of amides is 4. The van der Waals surface area contributed by atoms with Gasteiger partial charge in [-0.3, -0.25) is 39.2 Å². The van der Waals surface area contributed by atoms with Crippen molar-refractivity contribution in [2.75, 3.05) is 42.3 Å². The summed E-state index contributed by atoms with van der Waals surface area (Å²) >= 11 is 0. The molecule has 6 aromatic rings. The normalized spacial score (nSPS) is 13.7. The Morgan fingerprint density at radius 3 is 1.97 bits per heavy atom. The van der Waals surface area contributed by atoms with Crippen molar-refractivity contribution in [3.8, 4) is 5.75 Å². The molecule has 0 saturated carbocycles. The first-order valence-corrected chi connectivity index (χ1v) is 19.2. The Morgan fingerprint density at radius 1 is 0.810 bits per heavy atom. The molecule has 0 spiro atoms. The number of nitrogens with zero attached hydrogens (tertiary/aromatic N) is 9. The van der Waals surface area contributed by atoms with Crippen molar-refractivity contribution in [2.45, 2.75) is 72.6 Å². The summed E-state index contributed by atoms with van der Waals surface area (Å²) in [6.07, 6.45) is 1.45. The maximum atomic E-state index is 13.8. The highest BCUT2D eigenvalue weighted by atomic mass is 16.5. The van der Waals surface area contributed by atoms with E-state index in [1.165, 1.54) is 6.07 Å². The summed E-state index contributed by atoms with van der Waals surface area (Å²) in [6, 6.07) is 9.66. The third-order valence-corrected chi connectivity index (χ3v) is 10.2. The van der Waals surface area contributed by atoms with Crippen LogP contribution in [0.1, 0.15) is 92.2 Å². The van der Waals surface area contributed by atoms with Crippen LogP contribution in [0, 0.1) is 13.8 Å². The standard InChI is InChI=1S/C39H47N13O6/c1-6-50-29(14-21(3)46-50)36(56)44-38-42-27-17-24(35(41)55)19-31(58-13-9-12-53)33(27)49(38)11-8-10-25-20-48(5)28-18-23(34(40)54)16-26-32(28)52(25)39(43-26)45-37(57)30-15-22(4)47-51(30)7-2/h14-19,25,53H,6-13,20H2,1-5H3,(H2,40,54)(H2,41,55)(H,42,44,56)(H,43,45,57)/t25-/m0/s1. The lowest BCUT2D eigenvalue weighted by atomic mass is 10.0. The molecule has 0 fully saturated rings. The Balaban J connectivity index is 1.26. The van der Waals surface area contributed by atoms with E-state index in [9.17, 15) is 24.3 Å². The van der Waals surface area contributed by atoms with Gasteiger partial charge in [0.2, 0.25) is 23.7 Å². The molecule has 2 aromatic carbocycles. The average molecular weight is 794 g/mol. The number of anilines is 3. The van der Waals surface area contributed by atoms with Crippen molar-refractivity contribution in [3.63, 3.8) is 0 Å². The number of hydrogen-bond acceptors (Lipinski definition) is 11. The number of aliphatic hydroxyl groups is 1. The van der Waals surface area contributed by atoms with Crippen molar-refractivity contribution >= 4 is 63.3 Å². The van der Waals surface area contributed by atoms with Crippen LogP contribution < -0.4 is 31.7 Å². The van der Waals surface area contributed by atoms with E-state index >= 15 is 0 Å². The molecular formula is C39H47N13O6. The van der Waals surface area contributed by atoms with Crippen molar-refractivity contribution in [3.05, 3.63) is 70.3 Å². The van der Waals surface area contributed by atoms with Gasteiger partial charge in [0.15, 0.2) is 0 Å². The SMILES string of the molecule is CCn1nc(C)cc1C(=O)Nc1nc2cc(C(N)=O)cc(OCCCO)c2n1CCC[C@H]1CN(C)c2cc(C(N)=O)cc3nc(NC(=O)c4cc(C)nn4CC)n1c23. The van der Waals surface area contributed by atoms with Gasteiger partial charge >= 0.3 is 0 Å². The first-order valence-electron chi connectivity index (χ1n) is 19.2. The predicted octanol–water partition coefficient (Wildman–Crippen LogP) is 3.37. The van der Waals surface area contributed by atoms with Crippen LogP contribution in [0.3, 0.4) is 0 Å². The summed E-state index contributed by atoms with van der Waals surface area (Å²) < 4.78 is 13.2. The molecule has 5 heterocycles. The largest absolute Gasteiger partial charge is 0.491 e. The van der Waals surface area contributed by atoms with Crippen LogP contribution >= 0.6 is 0 Å². The number of primary amides is 2. The molecule has 0 aliphatic carbocycles. The highest BCUT2D eigenvalue weighted by Gasteiger charge is 2.31. The van der Waals surface area contributed by atoms with Gasteiger partial charge in [0.05, 0.1) is 46.3 Å². The molecule has 7 rings (SSSR count). The first kappa shape index (κ1) is 39.5. The number of nitrogens with one attached hydrogen (secondary N) is 2. The lowest BCUT2D eigenvalue weighted by Gasteiger charge is -2.34. The zero-order valence-corrected chi connectivity index (χ0v) is 33.1. The minimum absolute atomic E-state index is 0.0988. The monoisotopic (exact) mass is 793 g/mol. The molecule has 7 N–H and O–H groups in total. The summed E-state index contributed by atoms with van der Waals surface area (Å²) in [7, 11) is 1.93. The van der Waals surface area contributed by atoms with Crippen molar-refractivity contribution in [1.82, 2.24) is 38.7 Å². The fourth-order valence-electron chi connectivity index (χ4n) is 7.60. The van der Waals surface area contributed by atoms with Gasteiger partial charge in [0.25, 0.3) is 11.8 Å². The molecule has 19 nitrogen and oxygen atoms in total. The highest BCUT2D eigenvalue weighted by molar-refractivity contribution is 6.06. The number of likely N-dealkylation sites (N-methyl/N-ethyl adjacent to an activating group) is 1. The molecule has 1 aliphatic rings. The summed E-state index contributed by atoms with van der Waals surface area (Å²) in [5.41, 5.74) is 16.9. The van der Waals surface area contributed by atoms with Crippen molar-refractivity contribution < 1.29 is 29.0 Å². The molecule has 1 atom stereocenters. The van der Waals surface area contributed by atoms with Crippen LogP contribution in [0.25, 0.3) is 22.1 Å². The van der Waals surface area contributed by atoms with Gasteiger partial charge < -0.3 is 35.3 Å². The highest BCUT2D eigenvalue weighted by Crippen LogP contribution is 2.40. The second-order valence-electron chi connectivity index (χ2n) is 14.3. The number of fused-ring (bicyclic) bond motifs is 1. The van der Waals surface area contributed by atoms with Gasteiger partial charge in [-0.15, -0.1) is 0 Å². The zero-order chi connectivity index (χ0) is 41.4. The molecule has 0 saturated heterocycles. The topological polar surface area (TPSA) is 248 Å². The Kier molecular flexibility index (Phi) is 10.9. The van der Waals surface area contributed by atoms with Gasteiger partial charge in [-0.1, -0.05) is 0 Å². The van der Waals surface area contributed by atoms with Crippen LogP contribution in [0.2, 0.25) is 0 Å². The summed E-state index contributed by atoms with van der Waals surface area (Å²) in [6.45, 7) is 9.31. The van der Waals surface area contributed by atoms with Crippen molar-refractivity contribution in [1.29, 1.82) is 0 Å². The van der Waals surface area contributed by atoms with E-state index in [2.05, 4.69) is 20.8 Å². The first-order chi connectivity index (χ1) is 27.8. The number of carbonyl (C=O) groups excluding carboxylic acids is 4. The van der Waals surface area contributed by atoms with E-state index in [4.69, 9.17) is 26.2 Å². The van der Waals surface area contributed by atoms with Gasteiger partial charge in [0.1, 0.15) is 22.7 Å². The molecule has 4 amide bonds. The number of rotatable bonds is 16. The Hall–Kier alpha value is -6.76. The third-order valence-electron chi connectivity index (χ3n) is 10.2. The molecule has 0 bridgehead atoms. The van der Waals surface area contributed by atoms with Crippen LogP contribution in [0.15, 0.2) is 36.4 Å². The van der Waals surface area contributed by atoms with E-state index < -0.39 is 17.7 Å². The van der Waals surface area contributed by atoms with E-state index in [0.717, 1.165) is 11.2 Å². The van der Waals surface area contributed by atoms with Crippen LogP contribution in [0.4, 0.5) is 17.6 Å². The summed E-state index contributed by atoms with van der Waals surface area (Å²) in [5.74, 6) is -1.21. The van der Waals surface area contributed by atoms with Crippen LogP contribution in [0.5, 0.6) is 5.75 Å². The Labute approximate surface area is 332 Å². The number of aryl methyl sites for hydroxylation is 5. The zero-order valence-electron chi connectivity index (χ0n) is 33.1. The number of ether oxygens (including phenoxy) is 1. The van der Waals surface area contributed by atoms with Gasteiger partial charge in [-0.25, -0.2) is 9.97 Å². The van der Waals surface area contributed by atoms with Crippen molar-refractivity contribution in [2.24, 2.45) is 11.5 Å². The van der Waals surface area contributed by atoms with E-state index in [0.29, 0.717) is 102 Å². The minimum Gasteiger partial charge on any atom is -0.491 e. The second kappa shape index (κ2) is 16.0. The summed E-state index contributed by atoms with van der Waals surface area (Å²) in [5, 5.41) is 24.3. The lowest BCUT2D eigenvalue weighted by molar-refractivity contribution is 0.0992. The molecule has 1 aliphatic heterocycles. The minimum atomic E-state index is -0.676. The van der Waals surface area contributed by atoms with E-state index in [1.54, 1.807) is 39.7 Å². The Morgan fingerprint density at radius 2 is 1.38 bits per heavy atom. The lowest BCUT2D eigenvalue weighted by Crippen LogP contribution is -2.33. The van der Waals surface area contributed by atoms with Crippen LogP contribution in [-0.2, 0) is 19.6 Å². The Bertz CT molecular complexity index is 2580.